The normalized spacial score (nSPS) is 24.6. The van der Waals surface area contributed by atoms with Crippen LogP contribution in [0.3, 0.4) is 0 Å². The topological polar surface area (TPSA) is 237 Å². The van der Waals surface area contributed by atoms with Gasteiger partial charge in [-0.15, -0.1) is 0 Å². The van der Waals surface area contributed by atoms with E-state index in [0.717, 1.165) is 11.2 Å². The number of rotatable bonds is 9. The Morgan fingerprint density at radius 3 is 2.42 bits per heavy atom. The number of H-pyrrole nitrogens is 1. The molecule has 0 saturated carbocycles. The zero-order chi connectivity index (χ0) is 22.9. The Morgan fingerprint density at radius 1 is 1.23 bits per heavy atom. The Hall–Kier alpha value is -3.11. The molecule has 0 spiro atoms. The van der Waals surface area contributed by atoms with Crippen molar-refractivity contribution in [3.63, 3.8) is 0 Å². The van der Waals surface area contributed by atoms with E-state index >= 15 is 0 Å². The van der Waals surface area contributed by atoms with Gasteiger partial charge in [-0.05, 0) is 0 Å². The molecule has 0 aliphatic carbocycles. The number of aromatic nitrogens is 4. The zero-order valence-electron chi connectivity index (χ0n) is 16.0. The highest BCUT2D eigenvalue weighted by atomic mass is 16.6. The predicted molar refractivity (Wildman–Crippen MR) is 101 cm³/mol. The molecular weight excluding hydrogens is 420 g/mol. The number of aromatic amines is 1. The van der Waals surface area contributed by atoms with E-state index in [0.29, 0.717) is 0 Å². The lowest BCUT2D eigenvalue weighted by Gasteiger charge is -2.31. The van der Waals surface area contributed by atoms with E-state index < -0.39 is 61.1 Å². The number of carboxylic acids is 2. The molecule has 15 nitrogen and oxygen atoms in total. The number of hydrogen-bond acceptors (Lipinski definition) is 11. The van der Waals surface area contributed by atoms with Crippen molar-refractivity contribution >= 4 is 29.1 Å². The SMILES string of the molecule is Nc1nc2c(ncn2[C@@H]2O[C@H](C(O)N(CCC(=O)O)CCC(=O)O)[C@@H](O)[C@H]2O)c(=O)[nH]1. The van der Waals surface area contributed by atoms with Crippen LogP contribution in [-0.4, -0.2) is 99.5 Å². The molecule has 0 radical (unpaired) electrons. The maximum atomic E-state index is 11.9. The van der Waals surface area contributed by atoms with Gasteiger partial charge in [-0.2, -0.15) is 4.98 Å². The van der Waals surface area contributed by atoms with Crippen LogP contribution in [0.2, 0.25) is 0 Å². The lowest BCUT2D eigenvalue weighted by Crippen LogP contribution is -2.50. The Balaban J connectivity index is 1.85. The summed E-state index contributed by atoms with van der Waals surface area (Å²) in [4.78, 5) is 44.9. The molecule has 31 heavy (non-hydrogen) atoms. The van der Waals surface area contributed by atoms with Gasteiger partial charge in [0.2, 0.25) is 5.95 Å². The van der Waals surface area contributed by atoms with E-state index in [-0.39, 0.29) is 30.2 Å². The fraction of sp³-hybridized carbons (Fsp3) is 0.562. The van der Waals surface area contributed by atoms with Crippen molar-refractivity contribution in [2.45, 2.75) is 43.6 Å². The van der Waals surface area contributed by atoms with Crippen LogP contribution < -0.4 is 11.3 Å². The minimum Gasteiger partial charge on any atom is -0.481 e. The number of carbonyl (C=O) groups is 2. The molecule has 1 unspecified atom stereocenters. The number of nitrogens with zero attached hydrogens (tertiary/aromatic N) is 4. The molecule has 3 rings (SSSR count). The number of ether oxygens (including phenoxy) is 1. The molecule has 1 saturated heterocycles. The first-order valence-electron chi connectivity index (χ1n) is 9.19. The molecule has 3 heterocycles. The zero-order valence-corrected chi connectivity index (χ0v) is 16.0. The minimum absolute atomic E-state index is 0.0266. The number of aliphatic carboxylic acids is 2. The highest BCUT2D eigenvalue weighted by Crippen LogP contribution is 2.33. The molecule has 1 aliphatic heterocycles. The number of nitrogens with two attached hydrogens (primary N) is 1. The number of aliphatic hydroxyl groups is 3. The highest BCUT2D eigenvalue weighted by Gasteiger charge is 2.48. The molecule has 8 N–H and O–H groups in total. The van der Waals surface area contributed by atoms with Gasteiger partial charge in [-0.3, -0.25) is 28.8 Å². The van der Waals surface area contributed by atoms with Gasteiger partial charge in [0, 0.05) is 13.1 Å². The fourth-order valence-corrected chi connectivity index (χ4v) is 3.35. The van der Waals surface area contributed by atoms with Gasteiger partial charge in [0.25, 0.3) is 5.56 Å². The van der Waals surface area contributed by atoms with Crippen LogP contribution in [0, 0.1) is 0 Å². The van der Waals surface area contributed by atoms with Crippen LogP contribution in [0.4, 0.5) is 5.95 Å². The summed E-state index contributed by atoms with van der Waals surface area (Å²) in [7, 11) is 0. The summed E-state index contributed by atoms with van der Waals surface area (Å²) < 4.78 is 6.78. The van der Waals surface area contributed by atoms with Crippen LogP contribution in [-0.2, 0) is 14.3 Å². The monoisotopic (exact) mass is 442 g/mol. The summed E-state index contributed by atoms with van der Waals surface area (Å²) in [6.07, 6.45) is -7.24. The standard InChI is InChI=1S/C16H22N6O9/c17-16-19-12-8(13(29)20-16)18-5-22(12)15-10(28)9(27)11(31-15)14(30)21(3-1-6(23)24)4-2-7(25)26/h5,9-11,14-15,27-28,30H,1-4H2,(H,23,24)(H,25,26)(H3,17,19,20,29)/t9-,10+,11-,14?,15+/m0/s1. The summed E-state index contributed by atoms with van der Waals surface area (Å²) in [6.45, 7) is -0.447. The second-order valence-corrected chi connectivity index (χ2v) is 6.98. The van der Waals surface area contributed by atoms with Crippen molar-refractivity contribution in [3.05, 3.63) is 16.7 Å². The molecular formula is C16H22N6O9. The molecule has 170 valence electrons. The first-order valence-corrected chi connectivity index (χ1v) is 9.19. The fourth-order valence-electron chi connectivity index (χ4n) is 3.35. The average molecular weight is 442 g/mol. The third-order valence-electron chi connectivity index (χ3n) is 4.89. The van der Waals surface area contributed by atoms with Gasteiger partial charge in [0.15, 0.2) is 17.4 Å². The van der Waals surface area contributed by atoms with E-state index in [1.54, 1.807) is 0 Å². The van der Waals surface area contributed by atoms with Crippen LogP contribution in [0.5, 0.6) is 0 Å². The van der Waals surface area contributed by atoms with Gasteiger partial charge >= 0.3 is 11.9 Å². The number of anilines is 1. The minimum atomic E-state index is -1.63. The van der Waals surface area contributed by atoms with Crippen molar-refractivity contribution in [3.8, 4) is 0 Å². The number of carboxylic acid groups (broad SMARTS) is 2. The number of nitrogen functional groups attached to an aromatic ring is 1. The molecule has 5 atom stereocenters. The first-order chi connectivity index (χ1) is 14.6. The van der Waals surface area contributed by atoms with Crippen molar-refractivity contribution in [1.29, 1.82) is 0 Å². The van der Waals surface area contributed by atoms with Crippen molar-refractivity contribution < 1.29 is 39.9 Å². The van der Waals surface area contributed by atoms with E-state index in [4.69, 9.17) is 20.7 Å². The van der Waals surface area contributed by atoms with Crippen LogP contribution in [0.25, 0.3) is 11.2 Å². The Bertz CT molecular complexity index is 1000. The number of fused-ring (bicyclic) bond motifs is 1. The smallest absolute Gasteiger partial charge is 0.304 e. The molecule has 1 aliphatic rings. The van der Waals surface area contributed by atoms with E-state index in [2.05, 4.69) is 15.0 Å². The van der Waals surface area contributed by atoms with Gasteiger partial charge in [0.05, 0.1) is 19.2 Å². The van der Waals surface area contributed by atoms with E-state index in [1.807, 2.05) is 0 Å². The lowest BCUT2D eigenvalue weighted by molar-refractivity contribution is -0.149. The molecule has 0 aromatic carbocycles. The van der Waals surface area contributed by atoms with Crippen molar-refractivity contribution in [2.75, 3.05) is 18.8 Å². The number of imidazole rings is 1. The second-order valence-electron chi connectivity index (χ2n) is 6.98. The van der Waals surface area contributed by atoms with Gasteiger partial charge in [0.1, 0.15) is 24.5 Å². The van der Waals surface area contributed by atoms with Crippen molar-refractivity contribution in [1.82, 2.24) is 24.4 Å². The second kappa shape index (κ2) is 8.94. The Labute approximate surface area is 173 Å². The Kier molecular flexibility index (Phi) is 6.51. The average Bonchev–Trinajstić information content (AvgIpc) is 3.22. The van der Waals surface area contributed by atoms with Gasteiger partial charge < -0.3 is 36.0 Å². The Morgan fingerprint density at radius 2 is 1.84 bits per heavy atom. The molecule has 2 aromatic heterocycles. The quantitative estimate of drug-likeness (QED) is 0.191. The third kappa shape index (κ3) is 4.64. The third-order valence-corrected chi connectivity index (χ3v) is 4.89. The summed E-state index contributed by atoms with van der Waals surface area (Å²) in [5.41, 5.74) is 4.80. The molecule has 2 aromatic rings. The number of hydrogen-bond donors (Lipinski definition) is 7. The maximum absolute atomic E-state index is 11.9. The van der Waals surface area contributed by atoms with Crippen LogP contribution in [0.15, 0.2) is 11.1 Å². The summed E-state index contributed by atoms with van der Waals surface area (Å²) in [5, 5.41) is 49.4. The van der Waals surface area contributed by atoms with Gasteiger partial charge in [-0.1, -0.05) is 0 Å². The van der Waals surface area contributed by atoms with Crippen LogP contribution >= 0.6 is 0 Å². The van der Waals surface area contributed by atoms with E-state index in [1.165, 1.54) is 4.57 Å². The van der Waals surface area contributed by atoms with Gasteiger partial charge in [-0.25, -0.2) is 4.98 Å². The summed E-state index contributed by atoms with van der Waals surface area (Å²) >= 11 is 0. The molecule has 0 bridgehead atoms. The highest BCUT2D eigenvalue weighted by molar-refractivity contribution is 5.70. The predicted octanol–water partition coefficient (Wildman–Crippen LogP) is -3.11. The molecule has 15 heteroatoms. The lowest BCUT2D eigenvalue weighted by atomic mass is 10.1. The van der Waals surface area contributed by atoms with Crippen LogP contribution in [0.1, 0.15) is 19.1 Å². The largest absolute Gasteiger partial charge is 0.481 e. The first kappa shape index (κ1) is 22.6. The molecule has 0 amide bonds. The summed E-state index contributed by atoms with van der Waals surface area (Å²) in [6, 6.07) is 0. The molecule has 1 fully saturated rings. The maximum Gasteiger partial charge on any atom is 0.304 e. The number of aliphatic hydroxyl groups excluding tert-OH is 3. The van der Waals surface area contributed by atoms with E-state index in [9.17, 15) is 29.7 Å². The summed E-state index contributed by atoms with van der Waals surface area (Å²) in [5.74, 6) is -2.55. The number of nitrogens with one attached hydrogen (secondary N) is 1. The van der Waals surface area contributed by atoms with Crippen molar-refractivity contribution in [2.24, 2.45) is 0 Å².